The van der Waals surface area contributed by atoms with Gasteiger partial charge in [-0.1, -0.05) is 26.0 Å². The van der Waals surface area contributed by atoms with E-state index in [1.807, 2.05) is 32.9 Å². The third kappa shape index (κ3) is 3.07. The molecule has 0 spiro atoms. The van der Waals surface area contributed by atoms with Crippen molar-refractivity contribution in [2.75, 3.05) is 5.73 Å². The maximum absolute atomic E-state index is 13.0. The minimum Gasteiger partial charge on any atom is -0.399 e. The second-order valence-corrected chi connectivity index (χ2v) is 4.40. The van der Waals surface area contributed by atoms with Crippen LogP contribution < -0.4 is 15.2 Å². The molecular weight excluding hydrogens is 276 g/mol. The molecule has 1 heterocycles. The molecule has 0 saturated carbocycles. The lowest BCUT2D eigenvalue weighted by Gasteiger charge is -2.07. The van der Waals surface area contributed by atoms with Crippen LogP contribution in [-0.4, -0.2) is 6.29 Å². The molecule has 0 amide bonds. The van der Waals surface area contributed by atoms with Gasteiger partial charge in [-0.3, -0.25) is 0 Å². The van der Waals surface area contributed by atoms with Gasteiger partial charge in [-0.05, 0) is 47.9 Å². The van der Waals surface area contributed by atoms with Crippen molar-refractivity contribution in [3.8, 4) is 22.6 Å². The normalized spacial score (nSPS) is 14.3. The van der Waals surface area contributed by atoms with Crippen LogP contribution >= 0.6 is 0 Å². The van der Waals surface area contributed by atoms with Crippen LogP contribution in [0.15, 0.2) is 36.4 Å². The van der Waals surface area contributed by atoms with Crippen LogP contribution in [0.1, 0.15) is 19.4 Å². The highest BCUT2D eigenvalue weighted by Crippen LogP contribution is 2.44. The summed E-state index contributed by atoms with van der Waals surface area (Å²) in [7, 11) is 0. The number of ether oxygens (including phenoxy) is 2. The highest BCUT2D eigenvalue weighted by Gasteiger charge is 2.43. The number of aryl methyl sites for hydroxylation is 1. The van der Waals surface area contributed by atoms with E-state index in [-0.39, 0.29) is 11.5 Å². The van der Waals surface area contributed by atoms with Crippen molar-refractivity contribution < 1.29 is 18.3 Å². The number of alkyl halides is 2. The lowest BCUT2D eigenvalue weighted by molar-refractivity contribution is -0.286. The van der Waals surface area contributed by atoms with Gasteiger partial charge in [0.2, 0.25) is 0 Å². The Labute approximate surface area is 122 Å². The highest BCUT2D eigenvalue weighted by atomic mass is 19.3. The van der Waals surface area contributed by atoms with E-state index in [9.17, 15) is 8.78 Å². The summed E-state index contributed by atoms with van der Waals surface area (Å²) in [5, 5.41) is 0. The molecule has 0 saturated heterocycles. The van der Waals surface area contributed by atoms with Crippen LogP contribution in [0, 0.1) is 6.92 Å². The van der Waals surface area contributed by atoms with Gasteiger partial charge in [-0.15, -0.1) is 8.78 Å². The molecule has 5 heteroatoms. The van der Waals surface area contributed by atoms with Gasteiger partial charge in [0.1, 0.15) is 0 Å². The number of fused-ring (bicyclic) bond motifs is 1. The van der Waals surface area contributed by atoms with Crippen LogP contribution in [0.25, 0.3) is 11.1 Å². The predicted molar refractivity (Wildman–Crippen MR) is 78.6 cm³/mol. The van der Waals surface area contributed by atoms with E-state index in [0.717, 1.165) is 16.7 Å². The quantitative estimate of drug-likeness (QED) is 0.782. The molecule has 112 valence electrons. The molecule has 0 bridgehead atoms. The Kier molecular flexibility index (Phi) is 4.02. The summed E-state index contributed by atoms with van der Waals surface area (Å²) in [6, 6.07) is 10.3. The fourth-order valence-electron chi connectivity index (χ4n) is 2.07. The number of hydrogen-bond donors (Lipinski definition) is 1. The van der Waals surface area contributed by atoms with Crippen LogP contribution in [0.5, 0.6) is 11.5 Å². The first-order chi connectivity index (χ1) is 9.94. The first-order valence-electron chi connectivity index (χ1n) is 6.71. The molecule has 21 heavy (non-hydrogen) atoms. The second kappa shape index (κ2) is 5.60. The fraction of sp³-hybridized carbons (Fsp3) is 0.250. The van der Waals surface area contributed by atoms with Crippen molar-refractivity contribution in [3.05, 3.63) is 42.0 Å². The maximum Gasteiger partial charge on any atom is 0.586 e. The molecule has 0 unspecified atom stereocenters. The van der Waals surface area contributed by atoms with E-state index in [0.29, 0.717) is 5.69 Å². The number of nitrogens with two attached hydrogens (primary N) is 1. The zero-order chi connectivity index (χ0) is 15.6. The zero-order valence-electron chi connectivity index (χ0n) is 12.1. The number of rotatable bonds is 1. The molecule has 0 aromatic heterocycles. The van der Waals surface area contributed by atoms with Gasteiger partial charge in [0.25, 0.3) is 0 Å². The maximum atomic E-state index is 13.0. The molecule has 1 aliphatic rings. The van der Waals surface area contributed by atoms with E-state index in [4.69, 9.17) is 5.73 Å². The van der Waals surface area contributed by atoms with Crippen molar-refractivity contribution in [1.82, 2.24) is 0 Å². The Morgan fingerprint density at radius 2 is 1.48 bits per heavy atom. The minimum absolute atomic E-state index is 0.0439. The van der Waals surface area contributed by atoms with E-state index >= 15 is 0 Å². The summed E-state index contributed by atoms with van der Waals surface area (Å²) < 4.78 is 34.9. The highest BCUT2D eigenvalue weighted by molar-refractivity contribution is 5.72. The third-order valence-electron chi connectivity index (χ3n) is 2.97. The third-order valence-corrected chi connectivity index (χ3v) is 2.97. The van der Waals surface area contributed by atoms with Crippen LogP contribution in [-0.2, 0) is 0 Å². The first-order valence-corrected chi connectivity index (χ1v) is 6.71. The van der Waals surface area contributed by atoms with Crippen LogP contribution in [0.2, 0.25) is 0 Å². The molecule has 0 aliphatic carbocycles. The molecule has 2 aromatic carbocycles. The lowest BCUT2D eigenvalue weighted by atomic mass is 9.99. The predicted octanol–water partition coefficient (Wildman–Crippen LogP) is 4.59. The van der Waals surface area contributed by atoms with Crippen LogP contribution in [0.3, 0.4) is 0 Å². The topological polar surface area (TPSA) is 44.5 Å². The molecule has 2 aromatic rings. The van der Waals surface area contributed by atoms with E-state index in [2.05, 4.69) is 9.47 Å². The van der Waals surface area contributed by atoms with Crippen molar-refractivity contribution in [1.29, 1.82) is 0 Å². The molecule has 3 nitrogen and oxygen atoms in total. The monoisotopic (exact) mass is 293 g/mol. The summed E-state index contributed by atoms with van der Waals surface area (Å²) in [4.78, 5) is 0. The van der Waals surface area contributed by atoms with Gasteiger partial charge in [-0.25, -0.2) is 0 Å². The number of anilines is 1. The smallest absolute Gasteiger partial charge is 0.399 e. The van der Waals surface area contributed by atoms with Crippen molar-refractivity contribution in [2.45, 2.75) is 27.1 Å². The Bertz CT molecular complexity index is 639. The van der Waals surface area contributed by atoms with Crippen molar-refractivity contribution in [3.63, 3.8) is 0 Å². The van der Waals surface area contributed by atoms with Gasteiger partial charge >= 0.3 is 6.29 Å². The van der Waals surface area contributed by atoms with Crippen LogP contribution in [0.4, 0.5) is 14.5 Å². The van der Waals surface area contributed by atoms with Gasteiger partial charge in [0, 0.05) is 5.69 Å². The first kappa shape index (κ1) is 15.1. The molecule has 0 radical (unpaired) electrons. The lowest BCUT2D eigenvalue weighted by Crippen LogP contribution is -2.25. The van der Waals surface area contributed by atoms with E-state index in [1.165, 1.54) is 0 Å². The second-order valence-electron chi connectivity index (χ2n) is 4.40. The van der Waals surface area contributed by atoms with Gasteiger partial charge < -0.3 is 15.2 Å². The Hall–Kier alpha value is -2.30. The fourth-order valence-corrected chi connectivity index (χ4v) is 2.07. The molecule has 0 fully saturated rings. The van der Waals surface area contributed by atoms with Gasteiger partial charge in [0.15, 0.2) is 11.5 Å². The SMILES string of the molecule is CC.Cc1cc2c(cc1-c1ccc(N)cc1)OC(F)(F)O2. The Morgan fingerprint density at radius 1 is 0.952 bits per heavy atom. The number of hydrogen-bond acceptors (Lipinski definition) is 3. The average Bonchev–Trinajstić information content (AvgIpc) is 2.74. The van der Waals surface area contributed by atoms with E-state index < -0.39 is 6.29 Å². The summed E-state index contributed by atoms with van der Waals surface area (Å²) in [6.07, 6.45) is -3.59. The zero-order valence-corrected chi connectivity index (χ0v) is 12.1. The largest absolute Gasteiger partial charge is 0.586 e. The Balaban J connectivity index is 0.000000774. The van der Waals surface area contributed by atoms with Gasteiger partial charge in [-0.2, -0.15) is 0 Å². The number of halogens is 2. The minimum atomic E-state index is -3.59. The average molecular weight is 293 g/mol. The summed E-state index contributed by atoms with van der Waals surface area (Å²) in [6.45, 7) is 5.83. The molecule has 0 atom stereocenters. The van der Waals surface area contributed by atoms with Gasteiger partial charge in [0.05, 0.1) is 0 Å². The van der Waals surface area contributed by atoms with Crippen molar-refractivity contribution >= 4 is 5.69 Å². The molecule has 1 aliphatic heterocycles. The number of nitrogen functional groups attached to an aromatic ring is 1. The Morgan fingerprint density at radius 3 is 2.05 bits per heavy atom. The standard InChI is InChI=1S/C14H11F2NO2.C2H6/c1-8-6-12-13(19-14(15,16)18-12)7-11(8)9-2-4-10(17)5-3-9;1-2/h2-7H,17H2,1H3;1-2H3. The summed E-state index contributed by atoms with van der Waals surface area (Å²) in [5.74, 6) is 0.101. The van der Waals surface area contributed by atoms with E-state index in [1.54, 1.807) is 24.3 Å². The van der Waals surface area contributed by atoms with Crippen molar-refractivity contribution in [2.24, 2.45) is 0 Å². The number of benzene rings is 2. The molecule has 2 N–H and O–H groups in total. The summed E-state index contributed by atoms with van der Waals surface area (Å²) in [5.41, 5.74) is 8.78. The molecular formula is C16H17F2NO2. The summed E-state index contributed by atoms with van der Waals surface area (Å²) >= 11 is 0. The molecule has 3 rings (SSSR count).